The molecule has 0 saturated heterocycles. The molecule has 19 heavy (non-hydrogen) atoms. The van der Waals surface area contributed by atoms with Crippen LogP contribution in [0.5, 0.6) is 0 Å². The van der Waals surface area contributed by atoms with Crippen LogP contribution in [0, 0.1) is 12.7 Å². The molecule has 1 heterocycles. The third kappa shape index (κ3) is 3.16. The molecule has 1 N–H and O–H groups in total. The number of rotatable bonds is 4. The quantitative estimate of drug-likeness (QED) is 0.918. The van der Waals surface area contributed by atoms with Gasteiger partial charge in [0.05, 0.1) is 5.92 Å². The monoisotopic (exact) mass is 259 g/mol. The molecule has 0 fully saturated rings. The van der Waals surface area contributed by atoms with E-state index in [-0.39, 0.29) is 5.82 Å². The summed E-state index contributed by atoms with van der Waals surface area (Å²) in [6, 6.07) is 8.12. The van der Waals surface area contributed by atoms with Crippen molar-refractivity contribution in [3.05, 3.63) is 65.2 Å². The van der Waals surface area contributed by atoms with E-state index in [9.17, 15) is 14.3 Å². The van der Waals surface area contributed by atoms with Gasteiger partial charge in [0.2, 0.25) is 0 Å². The first-order valence-corrected chi connectivity index (χ1v) is 5.95. The summed E-state index contributed by atoms with van der Waals surface area (Å²) in [6.45, 7) is 1.65. The third-order valence-electron chi connectivity index (χ3n) is 3.06. The van der Waals surface area contributed by atoms with Crippen molar-refractivity contribution in [2.45, 2.75) is 19.3 Å². The zero-order valence-corrected chi connectivity index (χ0v) is 10.5. The number of pyridine rings is 1. The molecule has 0 spiro atoms. The second-order valence-corrected chi connectivity index (χ2v) is 4.46. The van der Waals surface area contributed by atoms with E-state index in [1.165, 1.54) is 6.07 Å². The highest BCUT2D eigenvalue weighted by molar-refractivity contribution is 5.76. The molecule has 3 nitrogen and oxygen atoms in total. The Bertz CT molecular complexity index is 584. The van der Waals surface area contributed by atoms with Crippen LogP contribution < -0.4 is 0 Å². The number of carbonyl (C=O) groups is 1. The zero-order chi connectivity index (χ0) is 13.8. The number of aliphatic carboxylic acids is 1. The average molecular weight is 259 g/mol. The van der Waals surface area contributed by atoms with Gasteiger partial charge in [0.25, 0.3) is 0 Å². The van der Waals surface area contributed by atoms with E-state index in [4.69, 9.17) is 0 Å². The highest BCUT2D eigenvalue weighted by Crippen LogP contribution is 2.23. The van der Waals surface area contributed by atoms with Gasteiger partial charge in [-0.25, -0.2) is 4.39 Å². The summed E-state index contributed by atoms with van der Waals surface area (Å²) in [7, 11) is 0. The van der Waals surface area contributed by atoms with Crippen molar-refractivity contribution in [1.82, 2.24) is 4.98 Å². The highest BCUT2D eigenvalue weighted by atomic mass is 19.1. The number of hydrogen-bond donors (Lipinski definition) is 1. The van der Waals surface area contributed by atoms with Crippen LogP contribution in [0.25, 0.3) is 0 Å². The van der Waals surface area contributed by atoms with Gasteiger partial charge in [0, 0.05) is 12.4 Å². The predicted molar refractivity (Wildman–Crippen MR) is 69.5 cm³/mol. The minimum atomic E-state index is -0.966. The van der Waals surface area contributed by atoms with E-state index in [2.05, 4.69) is 4.98 Å². The lowest BCUT2D eigenvalue weighted by atomic mass is 9.92. The molecule has 0 aliphatic heterocycles. The fraction of sp³-hybridized carbons (Fsp3) is 0.200. The number of nitrogens with zero attached hydrogens (tertiary/aromatic N) is 1. The fourth-order valence-corrected chi connectivity index (χ4v) is 1.93. The first-order chi connectivity index (χ1) is 9.08. The summed E-state index contributed by atoms with van der Waals surface area (Å²) in [5.41, 5.74) is 1.80. The fourth-order valence-electron chi connectivity index (χ4n) is 1.93. The lowest BCUT2D eigenvalue weighted by Crippen LogP contribution is -2.15. The van der Waals surface area contributed by atoms with Crippen molar-refractivity contribution >= 4 is 5.97 Å². The van der Waals surface area contributed by atoms with Gasteiger partial charge < -0.3 is 5.11 Å². The number of benzene rings is 1. The maximum absolute atomic E-state index is 13.5. The summed E-state index contributed by atoms with van der Waals surface area (Å²) < 4.78 is 13.5. The molecule has 1 unspecified atom stereocenters. The van der Waals surface area contributed by atoms with Crippen molar-refractivity contribution in [1.29, 1.82) is 0 Å². The Morgan fingerprint density at radius 2 is 2.21 bits per heavy atom. The van der Waals surface area contributed by atoms with E-state index in [0.717, 1.165) is 5.56 Å². The zero-order valence-electron chi connectivity index (χ0n) is 10.5. The van der Waals surface area contributed by atoms with Crippen LogP contribution in [0.15, 0.2) is 42.7 Å². The predicted octanol–water partition coefficient (Wildman–Crippen LogP) is 2.94. The Kier molecular flexibility index (Phi) is 3.90. The Morgan fingerprint density at radius 3 is 2.79 bits per heavy atom. The lowest BCUT2D eigenvalue weighted by molar-refractivity contribution is -0.138. The van der Waals surface area contributed by atoms with Gasteiger partial charge in [0.1, 0.15) is 5.82 Å². The van der Waals surface area contributed by atoms with Gasteiger partial charge in [0.15, 0.2) is 0 Å². The van der Waals surface area contributed by atoms with Crippen molar-refractivity contribution < 1.29 is 14.3 Å². The summed E-state index contributed by atoms with van der Waals surface area (Å²) in [4.78, 5) is 15.3. The Morgan fingerprint density at radius 1 is 1.42 bits per heavy atom. The van der Waals surface area contributed by atoms with Gasteiger partial charge >= 0.3 is 5.97 Å². The molecule has 1 aromatic carbocycles. The van der Waals surface area contributed by atoms with Crippen LogP contribution in [0.4, 0.5) is 4.39 Å². The second kappa shape index (κ2) is 5.61. The number of halogens is 1. The van der Waals surface area contributed by atoms with Crippen molar-refractivity contribution in [3.63, 3.8) is 0 Å². The molecule has 4 heteroatoms. The van der Waals surface area contributed by atoms with E-state index >= 15 is 0 Å². The van der Waals surface area contributed by atoms with E-state index in [1.54, 1.807) is 37.5 Å². The van der Waals surface area contributed by atoms with Crippen molar-refractivity contribution in [2.75, 3.05) is 0 Å². The number of carboxylic acids is 1. The van der Waals surface area contributed by atoms with E-state index in [1.807, 2.05) is 6.07 Å². The third-order valence-corrected chi connectivity index (χ3v) is 3.06. The Hall–Kier alpha value is -2.23. The van der Waals surface area contributed by atoms with Gasteiger partial charge in [-0.05, 0) is 42.2 Å². The first-order valence-electron chi connectivity index (χ1n) is 5.95. The topological polar surface area (TPSA) is 50.2 Å². The van der Waals surface area contributed by atoms with Crippen LogP contribution in [0.1, 0.15) is 22.6 Å². The van der Waals surface area contributed by atoms with Gasteiger partial charge in [-0.3, -0.25) is 9.78 Å². The van der Waals surface area contributed by atoms with Gasteiger partial charge in [-0.1, -0.05) is 18.2 Å². The standard InChI is InChI=1S/C15H14FNO2/c1-10-4-5-12(8-14(10)16)13(15(18)19)7-11-3-2-6-17-9-11/h2-6,8-9,13H,7H2,1H3,(H,18,19). The Balaban J connectivity index is 2.30. The molecule has 2 aromatic rings. The van der Waals surface area contributed by atoms with Crippen LogP contribution in [0.2, 0.25) is 0 Å². The highest BCUT2D eigenvalue weighted by Gasteiger charge is 2.21. The van der Waals surface area contributed by atoms with E-state index in [0.29, 0.717) is 17.5 Å². The average Bonchev–Trinajstić information content (AvgIpc) is 2.40. The number of aromatic nitrogens is 1. The molecule has 0 amide bonds. The summed E-state index contributed by atoms with van der Waals surface area (Å²) >= 11 is 0. The van der Waals surface area contributed by atoms with Crippen molar-refractivity contribution in [2.24, 2.45) is 0 Å². The van der Waals surface area contributed by atoms with E-state index < -0.39 is 11.9 Å². The maximum Gasteiger partial charge on any atom is 0.311 e. The lowest BCUT2D eigenvalue weighted by Gasteiger charge is -2.13. The Labute approximate surface area is 110 Å². The summed E-state index contributed by atoms with van der Waals surface area (Å²) in [6.07, 6.45) is 3.55. The second-order valence-electron chi connectivity index (χ2n) is 4.46. The molecule has 2 rings (SSSR count). The van der Waals surface area contributed by atoms with Crippen LogP contribution in [0.3, 0.4) is 0 Å². The minimum Gasteiger partial charge on any atom is -0.481 e. The van der Waals surface area contributed by atoms with Crippen LogP contribution in [-0.2, 0) is 11.2 Å². The molecule has 0 aliphatic rings. The molecule has 98 valence electrons. The SMILES string of the molecule is Cc1ccc(C(Cc2cccnc2)C(=O)O)cc1F. The normalized spacial score (nSPS) is 12.1. The molecule has 1 aromatic heterocycles. The molecule has 1 atom stereocenters. The number of carboxylic acid groups (broad SMARTS) is 1. The molecular weight excluding hydrogens is 245 g/mol. The molecular formula is C15H14FNO2. The molecule has 0 radical (unpaired) electrons. The van der Waals surface area contributed by atoms with Gasteiger partial charge in [-0.2, -0.15) is 0 Å². The van der Waals surface area contributed by atoms with Gasteiger partial charge in [-0.15, -0.1) is 0 Å². The van der Waals surface area contributed by atoms with Crippen LogP contribution >= 0.6 is 0 Å². The van der Waals surface area contributed by atoms with Crippen molar-refractivity contribution in [3.8, 4) is 0 Å². The summed E-state index contributed by atoms with van der Waals surface area (Å²) in [5, 5.41) is 9.31. The molecule has 0 saturated carbocycles. The number of hydrogen-bond acceptors (Lipinski definition) is 2. The first kappa shape index (κ1) is 13.2. The van der Waals surface area contributed by atoms with Crippen LogP contribution in [-0.4, -0.2) is 16.1 Å². The molecule has 0 aliphatic carbocycles. The largest absolute Gasteiger partial charge is 0.481 e. The minimum absolute atomic E-state index is 0.297. The smallest absolute Gasteiger partial charge is 0.311 e. The number of aryl methyl sites for hydroxylation is 1. The summed E-state index contributed by atoms with van der Waals surface area (Å²) in [5.74, 6) is -2.11. The maximum atomic E-state index is 13.5. The molecule has 0 bridgehead atoms.